The van der Waals surface area contributed by atoms with Gasteiger partial charge in [-0.3, -0.25) is 19.3 Å². The number of Topliss-reactive ketones (excluding diaryl/α,β-unsaturated/α-hetero) is 2. The zero-order chi connectivity index (χ0) is 30.8. The molecular formula is C31H32N2O9. The average Bonchev–Trinajstić information content (AvgIpc) is 2.90. The number of primary amides is 1. The van der Waals surface area contributed by atoms with Crippen LogP contribution in [0.25, 0.3) is 11.1 Å². The first kappa shape index (κ1) is 29.0. The highest BCUT2D eigenvalue weighted by molar-refractivity contribution is 6.25. The molecule has 11 heteroatoms. The Morgan fingerprint density at radius 1 is 1.10 bits per heavy atom. The Balaban J connectivity index is 1.67. The molecule has 0 spiro atoms. The van der Waals surface area contributed by atoms with E-state index < -0.39 is 64.0 Å². The van der Waals surface area contributed by atoms with Crippen molar-refractivity contribution in [2.45, 2.75) is 44.4 Å². The number of rotatable bonds is 5. The Morgan fingerprint density at radius 3 is 2.40 bits per heavy atom. The summed E-state index contributed by atoms with van der Waals surface area (Å²) >= 11 is 0. The molecule has 0 fully saturated rings. The van der Waals surface area contributed by atoms with Gasteiger partial charge in [0.2, 0.25) is 5.78 Å². The predicted molar refractivity (Wildman–Crippen MR) is 150 cm³/mol. The number of likely N-dealkylation sites (N-methyl/N-ethyl adjacent to an activating group) is 1. The molecule has 4 unspecified atom stereocenters. The number of hydrogen-bond donors (Lipinski definition) is 5. The molecule has 5 rings (SSSR count). The summed E-state index contributed by atoms with van der Waals surface area (Å²) in [5.74, 6) is -7.63. The average molecular weight is 577 g/mol. The van der Waals surface area contributed by atoms with E-state index in [-0.39, 0.29) is 35.8 Å². The number of nitrogens with two attached hydrogens (primary N) is 1. The van der Waals surface area contributed by atoms with Crippen LogP contribution in [0.3, 0.4) is 0 Å². The van der Waals surface area contributed by atoms with E-state index in [1.54, 1.807) is 58.3 Å². The fourth-order valence-electron chi connectivity index (χ4n) is 6.62. The number of benzene rings is 2. The molecule has 220 valence electrons. The van der Waals surface area contributed by atoms with Crippen molar-refractivity contribution >= 4 is 23.4 Å². The molecule has 0 aliphatic heterocycles. The van der Waals surface area contributed by atoms with Gasteiger partial charge in [-0.15, -0.1) is 0 Å². The van der Waals surface area contributed by atoms with Crippen molar-refractivity contribution in [2.24, 2.45) is 17.6 Å². The second-order valence-corrected chi connectivity index (χ2v) is 11.5. The number of carbonyl (C=O) groups is 4. The summed E-state index contributed by atoms with van der Waals surface area (Å²) in [5, 5.41) is 44.9. The highest BCUT2D eigenvalue weighted by Crippen LogP contribution is 2.53. The number of phenols is 1. The third-order valence-electron chi connectivity index (χ3n) is 8.36. The SMILES string of the molecule is CC(C)OC(=O)c1cccc(-c2ccc(O)c3c2CC2CC4C(N(C)C)C(O)=C(C(N)=O)C(=O)C4(O)C(O)=C2C3=O)c1. The van der Waals surface area contributed by atoms with Gasteiger partial charge in [0.1, 0.15) is 22.8 Å². The third kappa shape index (κ3) is 4.19. The van der Waals surface area contributed by atoms with E-state index in [2.05, 4.69) is 0 Å². The Kier molecular flexibility index (Phi) is 6.99. The molecule has 1 amide bonds. The van der Waals surface area contributed by atoms with Crippen molar-refractivity contribution in [3.05, 3.63) is 75.8 Å². The predicted octanol–water partition coefficient (Wildman–Crippen LogP) is 2.35. The van der Waals surface area contributed by atoms with Gasteiger partial charge in [0, 0.05) is 11.5 Å². The normalized spacial score (nSPS) is 25.4. The second-order valence-electron chi connectivity index (χ2n) is 11.5. The Hall–Kier alpha value is -4.48. The lowest BCUT2D eigenvalue weighted by atomic mass is 9.58. The van der Waals surface area contributed by atoms with Crippen LogP contribution in [0.4, 0.5) is 0 Å². The van der Waals surface area contributed by atoms with Crippen LogP contribution in [0.2, 0.25) is 0 Å². The highest BCUT2D eigenvalue weighted by Gasteiger charge is 2.63. The van der Waals surface area contributed by atoms with E-state index in [1.807, 2.05) is 0 Å². The van der Waals surface area contributed by atoms with Crippen LogP contribution in [0.15, 0.2) is 59.1 Å². The topological polar surface area (TPSA) is 188 Å². The number of ether oxygens (including phenoxy) is 1. The molecule has 3 aliphatic rings. The van der Waals surface area contributed by atoms with Gasteiger partial charge in [-0.1, -0.05) is 18.2 Å². The van der Waals surface area contributed by atoms with Crippen LogP contribution in [-0.4, -0.2) is 80.6 Å². The summed E-state index contributed by atoms with van der Waals surface area (Å²) in [6, 6.07) is 8.53. The summed E-state index contributed by atoms with van der Waals surface area (Å²) in [6.45, 7) is 3.47. The van der Waals surface area contributed by atoms with Crippen molar-refractivity contribution in [1.82, 2.24) is 4.90 Å². The number of carbonyl (C=O) groups excluding carboxylic acids is 4. The fraction of sp³-hybridized carbons (Fsp3) is 0.355. The van der Waals surface area contributed by atoms with Crippen molar-refractivity contribution in [2.75, 3.05) is 14.1 Å². The number of amides is 1. The molecule has 0 aromatic heterocycles. The van der Waals surface area contributed by atoms with Crippen molar-refractivity contribution in [3.8, 4) is 16.9 Å². The molecule has 11 nitrogen and oxygen atoms in total. The molecule has 2 aromatic carbocycles. The lowest BCUT2D eigenvalue weighted by molar-refractivity contribution is -0.148. The van der Waals surface area contributed by atoms with E-state index >= 15 is 0 Å². The highest BCUT2D eigenvalue weighted by atomic mass is 16.5. The number of esters is 1. The van der Waals surface area contributed by atoms with Crippen molar-refractivity contribution in [1.29, 1.82) is 0 Å². The van der Waals surface area contributed by atoms with E-state index in [0.717, 1.165) is 0 Å². The van der Waals surface area contributed by atoms with Crippen molar-refractivity contribution in [3.63, 3.8) is 0 Å². The largest absolute Gasteiger partial charge is 0.510 e. The number of aliphatic hydroxyl groups excluding tert-OH is 2. The van der Waals surface area contributed by atoms with Gasteiger partial charge in [0.15, 0.2) is 11.4 Å². The molecule has 0 heterocycles. The van der Waals surface area contributed by atoms with E-state index in [4.69, 9.17) is 10.5 Å². The first-order valence-corrected chi connectivity index (χ1v) is 13.5. The minimum absolute atomic E-state index is 0.0262. The van der Waals surface area contributed by atoms with Crippen LogP contribution >= 0.6 is 0 Å². The maximum absolute atomic E-state index is 13.9. The van der Waals surface area contributed by atoms with Gasteiger partial charge < -0.3 is 30.9 Å². The van der Waals surface area contributed by atoms with Crippen LogP contribution in [0.1, 0.15) is 46.5 Å². The lowest BCUT2D eigenvalue weighted by Gasteiger charge is -2.50. The molecule has 4 atom stereocenters. The standard InChI is InChI=1S/C31H32N2O9/c1-13(2)42-30(40)15-7-5-6-14(10-15)17-8-9-20(34)22-18(17)11-16-12-19-24(33(3)4)26(36)23(29(32)39)28(38)31(19,41)27(37)21(16)25(22)35/h5-10,13,16,19,24,34,36-37,41H,11-12H2,1-4H3,(H2,32,39). The molecule has 2 aromatic rings. The molecule has 6 N–H and O–H groups in total. The summed E-state index contributed by atoms with van der Waals surface area (Å²) in [6.07, 6.45) is -0.227. The lowest BCUT2D eigenvalue weighted by Crippen LogP contribution is -2.63. The Bertz CT molecular complexity index is 1620. The number of phenolic OH excluding ortho intramolecular Hbond substituents is 1. The summed E-state index contributed by atoms with van der Waals surface area (Å²) in [7, 11) is 3.14. The molecule has 0 radical (unpaired) electrons. The minimum atomic E-state index is -2.71. The number of allylic oxidation sites excluding steroid dienone is 1. The first-order valence-electron chi connectivity index (χ1n) is 13.5. The number of fused-ring (bicyclic) bond motifs is 3. The van der Waals surface area contributed by atoms with E-state index in [1.165, 1.54) is 11.0 Å². The zero-order valence-electron chi connectivity index (χ0n) is 23.5. The quantitative estimate of drug-likeness (QED) is 0.261. The molecule has 0 saturated heterocycles. The molecule has 0 bridgehead atoms. The van der Waals surface area contributed by atoms with Gasteiger partial charge in [0.05, 0.1) is 23.3 Å². The van der Waals surface area contributed by atoms with Crippen LogP contribution in [0, 0.1) is 11.8 Å². The number of ketones is 2. The Morgan fingerprint density at radius 2 is 1.79 bits per heavy atom. The van der Waals surface area contributed by atoms with Gasteiger partial charge in [0.25, 0.3) is 5.91 Å². The maximum atomic E-state index is 13.9. The third-order valence-corrected chi connectivity index (χ3v) is 8.36. The first-order chi connectivity index (χ1) is 19.7. The van der Waals surface area contributed by atoms with E-state index in [0.29, 0.717) is 22.3 Å². The maximum Gasteiger partial charge on any atom is 0.338 e. The fourth-order valence-corrected chi connectivity index (χ4v) is 6.62. The molecule has 0 saturated carbocycles. The second kappa shape index (κ2) is 10.1. The van der Waals surface area contributed by atoms with E-state index in [9.17, 15) is 39.6 Å². The van der Waals surface area contributed by atoms with Crippen LogP contribution in [0.5, 0.6) is 5.75 Å². The summed E-state index contributed by atoms with van der Waals surface area (Å²) in [4.78, 5) is 53.6. The van der Waals surface area contributed by atoms with Crippen LogP contribution in [-0.2, 0) is 20.7 Å². The van der Waals surface area contributed by atoms with Crippen molar-refractivity contribution < 1.29 is 44.3 Å². The molecule has 42 heavy (non-hydrogen) atoms. The zero-order valence-corrected chi connectivity index (χ0v) is 23.5. The molecule has 3 aliphatic carbocycles. The number of nitrogens with zero attached hydrogens (tertiary/aromatic N) is 1. The summed E-state index contributed by atoms with van der Waals surface area (Å²) < 4.78 is 5.31. The van der Waals surface area contributed by atoms with Gasteiger partial charge >= 0.3 is 5.97 Å². The summed E-state index contributed by atoms with van der Waals surface area (Å²) in [5.41, 5.74) is 3.38. The van der Waals surface area contributed by atoms with Gasteiger partial charge in [-0.05, 0) is 81.6 Å². The monoisotopic (exact) mass is 576 g/mol. The number of hydrogen-bond acceptors (Lipinski definition) is 10. The Labute approximate surface area is 241 Å². The smallest absolute Gasteiger partial charge is 0.338 e. The van der Waals surface area contributed by atoms with Crippen LogP contribution < -0.4 is 5.73 Å². The molecular weight excluding hydrogens is 544 g/mol. The number of aromatic hydroxyl groups is 1. The number of aliphatic hydroxyl groups is 3. The minimum Gasteiger partial charge on any atom is -0.510 e. The van der Waals surface area contributed by atoms with Gasteiger partial charge in [-0.25, -0.2) is 4.79 Å². The van der Waals surface area contributed by atoms with Gasteiger partial charge in [-0.2, -0.15) is 0 Å².